The summed E-state index contributed by atoms with van der Waals surface area (Å²) < 4.78 is 0. The van der Waals surface area contributed by atoms with Gasteiger partial charge in [-0.2, -0.15) is 11.3 Å². The molecule has 0 radical (unpaired) electrons. The standard InChI is InChI=1S/C20H31N3O2S/c1-19(2,3)11-17(24)22-12-18(25)23(13-15-4-9-26-14-15)16-10-20(16)5-7-21-8-6-20/h4,9,14,16,21H,5-8,10-13H2,1-3H3,(H,22,24). The molecule has 2 amide bonds. The Labute approximate surface area is 160 Å². The van der Waals surface area contributed by atoms with Crippen molar-refractivity contribution in [3.05, 3.63) is 22.4 Å². The van der Waals surface area contributed by atoms with Gasteiger partial charge >= 0.3 is 0 Å². The van der Waals surface area contributed by atoms with E-state index in [1.807, 2.05) is 25.7 Å². The number of carbonyl (C=O) groups is 2. The van der Waals surface area contributed by atoms with Crippen molar-refractivity contribution in [1.29, 1.82) is 0 Å². The van der Waals surface area contributed by atoms with Gasteiger partial charge in [-0.25, -0.2) is 0 Å². The molecule has 1 saturated heterocycles. The van der Waals surface area contributed by atoms with Crippen molar-refractivity contribution in [2.24, 2.45) is 10.8 Å². The largest absolute Gasteiger partial charge is 0.347 e. The summed E-state index contributed by atoms with van der Waals surface area (Å²) in [5.74, 6) is -0.00687. The number of piperidine rings is 1. The highest BCUT2D eigenvalue weighted by molar-refractivity contribution is 7.07. The van der Waals surface area contributed by atoms with E-state index in [-0.39, 0.29) is 23.8 Å². The van der Waals surface area contributed by atoms with Gasteiger partial charge in [0.2, 0.25) is 11.8 Å². The lowest BCUT2D eigenvalue weighted by molar-refractivity contribution is -0.134. The summed E-state index contributed by atoms with van der Waals surface area (Å²) in [7, 11) is 0. The van der Waals surface area contributed by atoms with Gasteiger partial charge in [0.15, 0.2) is 0 Å². The number of hydrogen-bond donors (Lipinski definition) is 2. The Balaban J connectivity index is 1.62. The average molecular weight is 378 g/mol. The van der Waals surface area contributed by atoms with Crippen LogP contribution in [0.2, 0.25) is 0 Å². The van der Waals surface area contributed by atoms with Crippen LogP contribution in [-0.2, 0) is 16.1 Å². The van der Waals surface area contributed by atoms with E-state index in [4.69, 9.17) is 0 Å². The van der Waals surface area contributed by atoms with Gasteiger partial charge in [-0.15, -0.1) is 0 Å². The summed E-state index contributed by atoms with van der Waals surface area (Å²) in [5.41, 5.74) is 1.41. The Morgan fingerprint density at radius 3 is 2.69 bits per heavy atom. The fraction of sp³-hybridized carbons (Fsp3) is 0.700. The zero-order valence-corrected chi connectivity index (χ0v) is 17.0. The Hall–Kier alpha value is -1.40. The average Bonchev–Trinajstić information content (AvgIpc) is 3.01. The van der Waals surface area contributed by atoms with Gasteiger partial charge in [-0.05, 0) is 65.6 Å². The summed E-state index contributed by atoms with van der Waals surface area (Å²) in [6, 6.07) is 2.40. The SMILES string of the molecule is CC(C)(C)CC(=O)NCC(=O)N(Cc1ccsc1)C1CC12CCNCC2. The lowest BCUT2D eigenvalue weighted by Gasteiger charge is -2.30. The van der Waals surface area contributed by atoms with Gasteiger partial charge in [0.25, 0.3) is 0 Å². The molecule has 1 spiro atoms. The number of hydrogen-bond acceptors (Lipinski definition) is 4. The molecule has 1 saturated carbocycles. The predicted molar refractivity (Wildman–Crippen MR) is 105 cm³/mol. The molecule has 1 aliphatic heterocycles. The second-order valence-corrected chi connectivity index (χ2v) is 9.78. The van der Waals surface area contributed by atoms with Crippen molar-refractivity contribution in [2.45, 2.75) is 59.0 Å². The zero-order valence-electron chi connectivity index (χ0n) is 16.1. The topological polar surface area (TPSA) is 61.4 Å². The van der Waals surface area contributed by atoms with E-state index in [0.717, 1.165) is 32.4 Å². The molecule has 0 bridgehead atoms. The molecule has 5 nitrogen and oxygen atoms in total. The first-order chi connectivity index (χ1) is 12.3. The van der Waals surface area contributed by atoms with E-state index < -0.39 is 0 Å². The lowest BCUT2D eigenvalue weighted by Crippen LogP contribution is -2.44. The first-order valence-corrected chi connectivity index (χ1v) is 10.5. The van der Waals surface area contributed by atoms with Crippen LogP contribution in [0.3, 0.4) is 0 Å². The molecule has 144 valence electrons. The number of nitrogens with one attached hydrogen (secondary N) is 2. The van der Waals surface area contributed by atoms with Crippen molar-refractivity contribution >= 4 is 23.2 Å². The van der Waals surface area contributed by atoms with E-state index in [1.165, 1.54) is 5.56 Å². The van der Waals surface area contributed by atoms with E-state index in [2.05, 4.69) is 27.5 Å². The van der Waals surface area contributed by atoms with Gasteiger partial charge in [0.1, 0.15) is 0 Å². The zero-order chi connectivity index (χ0) is 18.8. The smallest absolute Gasteiger partial charge is 0.242 e. The van der Waals surface area contributed by atoms with Gasteiger partial charge in [0, 0.05) is 19.0 Å². The molecule has 1 aromatic heterocycles. The Kier molecular flexibility index (Phi) is 5.72. The molecule has 1 aromatic rings. The second-order valence-electron chi connectivity index (χ2n) is 9.00. The third-order valence-corrected chi connectivity index (χ3v) is 6.24. The van der Waals surface area contributed by atoms with E-state index in [1.54, 1.807) is 11.3 Å². The molecule has 2 fully saturated rings. The molecular weight excluding hydrogens is 346 g/mol. The van der Waals surface area contributed by atoms with Gasteiger partial charge in [-0.3, -0.25) is 9.59 Å². The maximum Gasteiger partial charge on any atom is 0.242 e. The number of nitrogens with zero attached hydrogens (tertiary/aromatic N) is 1. The third-order valence-electron chi connectivity index (χ3n) is 5.50. The molecule has 2 heterocycles. The van der Waals surface area contributed by atoms with Crippen molar-refractivity contribution < 1.29 is 9.59 Å². The molecule has 6 heteroatoms. The number of amides is 2. The van der Waals surface area contributed by atoms with E-state index in [0.29, 0.717) is 24.4 Å². The van der Waals surface area contributed by atoms with Crippen molar-refractivity contribution in [3.63, 3.8) is 0 Å². The molecule has 26 heavy (non-hydrogen) atoms. The van der Waals surface area contributed by atoms with Crippen molar-refractivity contribution in [3.8, 4) is 0 Å². The van der Waals surface area contributed by atoms with E-state index in [9.17, 15) is 9.59 Å². The highest BCUT2D eigenvalue weighted by atomic mass is 32.1. The number of rotatable bonds is 6. The first-order valence-electron chi connectivity index (χ1n) is 9.57. The normalized spacial score (nSPS) is 21.4. The Bertz CT molecular complexity index is 630. The van der Waals surface area contributed by atoms with Crippen molar-refractivity contribution in [2.75, 3.05) is 19.6 Å². The first kappa shape index (κ1) is 19.4. The summed E-state index contributed by atoms with van der Waals surface area (Å²) in [5, 5.41) is 10.4. The lowest BCUT2D eigenvalue weighted by atomic mass is 9.92. The fourth-order valence-electron chi connectivity index (χ4n) is 4.00. The molecule has 1 atom stereocenters. The minimum atomic E-state index is -0.0703. The highest BCUT2D eigenvalue weighted by Gasteiger charge is 2.57. The van der Waals surface area contributed by atoms with Crippen LogP contribution in [0.25, 0.3) is 0 Å². The van der Waals surface area contributed by atoms with Crippen LogP contribution in [0.1, 0.15) is 52.0 Å². The van der Waals surface area contributed by atoms with Gasteiger partial charge < -0.3 is 15.5 Å². The van der Waals surface area contributed by atoms with E-state index >= 15 is 0 Å². The van der Waals surface area contributed by atoms with Crippen LogP contribution in [-0.4, -0.2) is 42.4 Å². The van der Waals surface area contributed by atoms with Crippen LogP contribution >= 0.6 is 11.3 Å². The monoisotopic (exact) mass is 377 g/mol. The Morgan fingerprint density at radius 1 is 1.35 bits per heavy atom. The maximum atomic E-state index is 12.9. The summed E-state index contributed by atoms with van der Waals surface area (Å²) in [6.45, 7) is 8.92. The van der Waals surface area contributed by atoms with Crippen LogP contribution in [0.4, 0.5) is 0 Å². The minimum absolute atomic E-state index is 0.0406. The quantitative estimate of drug-likeness (QED) is 0.801. The highest BCUT2D eigenvalue weighted by Crippen LogP contribution is 2.56. The summed E-state index contributed by atoms with van der Waals surface area (Å²) in [4.78, 5) is 27.1. The Morgan fingerprint density at radius 2 is 2.08 bits per heavy atom. The van der Waals surface area contributed by atoms with Crippen LogP contribution in [0.5, 0.6) is 0 Å². The number of thiophene rings is 1. The molecule has 2 N–H and O–H groups in total. The molecule has 1 unspecified atom stereocenters. The molecule has 3 rings (SSSR count). The number of carbonyl (C=O) groups excluding carboxylic acids is 2. The van der Waals surface area contributed by atoms with Gasteiger partial charge in [0.05, 0.1) is 6.54 Å². The predicted octanol–water partition coefficient (Wildman–Crippen LogP) is 2.77. The molecular formula is C20H31N3O2S. The van der Waals surface area contributed by atoms with Crippen molar-refractivity contribution in [1.82, 2.24) is 15.5 Å². The maximum absolute atomic E-state index is 12.9. The second kappa shape index (κ2) is 7.69. The van der Waals surface area contributed by atoms with Crippen LogP contribution in [0, 0.1) is 10.8 Å². The van der Waals surface area contributed by atoms with Gasteiger partial charge in [-0.1, -0.05) is 20.8 Å². The van der Waals surface area contributed by atoms with Crippen LogP contribution in [0.15, 0.2) is 16.8 Å². The molecule has 1 aliphatic carbocycles. The third kappa shape index (κ3) is 4.86. The minimum Gasteiger partial charge on any atom is -0.347 e. The molecule has 2 aliphatic rings. The fourth-order valence-corrected chi connectivity index (χ4v) is 4.66. The molecule has 0 aromatic carbocycles. The summed E-state index contributed by atoms with van der Waals surface area (Å²) in [6.07, 6.45) is 3.81. The summed E-state index contributed by atoms with van der Waals surface area (Å²) >= 11 is 1.66. The van der Waals surface area contributed by atoms with Crippen LogP contribution < -0.4 is 10.6 Å².